The van der Waals surface area contributed by atoms with Crippen LogP contribution in [0.1, 0.15) is 38.2 Å². The molecule has 0 atom stereocenters. The summed E-state index contributed by atoms with van der Waals surface area (Å²) in [7, 11) is 0. The molecule has 1 heterocycles. The number of unbranched alkanes of at least 4 members (excludes halogenated alkanes) is 3. The maximum atomic E-state index is 5.89. The summed E-state index contributed by atoms with van der Waals surface area (Å²) >= 11 is 0. The molecule has 5 heteroatoms. The van der Waals surface area contributed by atoms with Gasteiger partial charge in [-0.3, -0.25) is 0 Å². The fourth-order valence-corrected chi connectivity index (χ4v) is 3.30. The maximum Gasteiger partial charge on any atom is 0.248 e. The Labute approximate surface area is 189 Å². The molecule has 0 saturated carbocycles. The van der Waals surface area contributed by atoms with E-state index in [0.29, 0.717) is 18.4 Å². The van der Waals surface area contributed by atoms with Crippen LogP contribution in [0.5, 0.6) is 11.5 Å². The fraction of sp³-hybridized carbons (Fsp3) is 0.259. The number of nitrogens with zero attached hydrogens (tertiary/aromatic N) is 2. The molecule has 4 aromatic rings. The molecule has 0 unspecified atom stereocenters. The van der Waals surface area contributed by atoms with E-state index in [4.69, 9.17) is 13.9 Å². The van der Waals surface area contributed by atoms with E-state index in [2.05, 4.69) is 17.1 Å². The average molecular weight is 429 g/mol. The van der Waals surface area contributed by atoms with Crippen LogP contribution in [0.25, 0.3) is 22.9 Å². The Morgan fingerprint density at radius 2 is 1.25 bits per heavy atom. The molecule has 0 radical (unpaired) electrons. The van der Waals surface area contributed by atoms with Crippen molar-refractivity contribution in [2.45, 2.75) is 39.2 Å². The van der Waals surface area contributed by atoms with Crippen molar-refractivity contribution in [2.75, 3.05) is 6.61 Å². The maximum absolute atomic E-state index is 5.89. The van der Waals surface area contributed by atoms with E-state index in [-0.39, 0.29) is 0 Å². The zero-order valence-corrected chi connectivity index (χ0v) is 18.4. The van der Waals surface area contributed by atoms with Crippen LogP contribution >= 0.6 is 0 Å². The van der Waals surface area contributed by atoms with Crippen LogP contribution in [0.15, 0.2) is 83.3 Å². The highest BCUT2D eigenvalue weighted by Gasteiger charge is 2.11. The molecule has 0 aliphatic rings. The van der Waals surface area contributed by atoms with Gasteiger partial charge in [0, 0.05) is 11.1 Å². The molecular formula is C27H28N2O3. The van der Waals surface area contributed by atoms with Gasteiger partial charge >= 0.3 is 0 Å². The molecular weight excluding hydrogens is 400 g/mol. The highest BCUT2D eigenvalue weighted by Crippen LogP contribution is 2.27. The van der Waals surface area contributed by atoms with Gasteiger partial charge in [-0.2, -0.15) is 0 Å². The summed E-state index contributed by atoms with van der Waals surface area (Å²) in [6.07, 6.45) is 4.77. The highest BCUT2D eigenvalue weighted by molar-refractivity contribution is 5.59. The molecule has 3 aromatic carbocycles. The molecule has 0 fully saturated rings. The first-order valence-electron chi connectivity index (χ1n) is 11.2. The smallest absolute Gasteiger partial charge is 0.248 e. The summed E-state index contributed by atoms with van der Waals surface area (Å²) in [6, 6.07) is 25.5. The third-order valence-corrected chi connectivity index (χ3v) is 5.14. The van der Waals surface area contributed by atoms with E-state index < -0.39 is 0 Å². The Kier molecular flexibility index (Phi) is 7.53. The Hall–Kier alpha value is -3.60. The summed E-state index contributed by atoms with van der Waals surface area (Å²) in [5, 5.41) is 8.40. The van der Waals surface area contributed by atoms with Crippen LogP contribution < -0.4 is 9.47 Å². The number of ether oxygens (including phenoxy) is 2. The van der Waals surface area contributed by atoms with E-state index in [9.17, 15) is 0 Å². The lowest BCUT2D eigenvalue weighted by atomic mass is 10.2. The Morgan fingerprint density at radius 3 is 1.84 bits per heavy atom. The largest absolute Gasteiger partial charge is 0.494 e. The van der Waals surface area contributed by atoms with Crippen molar-refractivity contribution in [1.82, 2.24) is 10.2 Å². The van der Waals surface area contributed by atoms with Crippen molar-refractivity contribution in [3.05, 3.63) is 84.4 Å². The van der Waals surface area contributed by atoms with Gasteiger partial charge in [0.2, 0.25) is 11.8 Å². The topological polar surface area (TPSA) is 57.4 Å². The van der Waals surface area contributed by atoms with Crippen molar-refractivity contribution < 1.29 is 13.9 Å². The molecule has 164 valence electrons. The standard InChI is InChI=1S/C27H28N2O3/c1-2-3-4-8-19-30-24-15-11-22(12-16-24)26-28-29-27(32-26)23-13-17-25(18-14-23)31-20-21-9-6-5-7-10-21/h5-7,9-18H,2-4,8,19-20H2,1H3. The predicted octanol–water partition coefficient (Wildman–Crippen LogP) is 6.94. The van der Waals surface area contributed by atoms with Gasteiger partial charge in [-0.25, -0.2) is 0 Å². The van der Waals surface area contributed by atoms with Crippen LogP contribution in [0.4, 0.5) is 0 Å². The van der Waals surface area contributed by atoms with Crippen LogP contribution in [0, 0.1) is 0 Å². The quantitative estimate of drug-likeness (QED) is 0.242. The van der Waals surface area contributed by atoms with Crippen molar-refractivity contribution in [3.8, 4) is 34.4 Å². The SMILES string of the molecule is CCCCCCOc1ccc(-c2nnc(-c3ccc(OCc4ccccc4)cc3)o2)cc1. The normalized spacial score (nSPS) is 10.8. The minimum Gasteiger partial charge on any atom is -0.494 e. The lowest BCUT2D eigenvalue weighted by Crippen LogP contribution is -1.96. The van der Waals surface area contributed by atoms with Crippen molar-refractivity contribution in [1.29, 1.82) is 0 Å². The minimum atomic E-state index is 0.478. The summed E-state index contributed by atoms with van der Waals surface area (Å²) < 4.78 is 17.5. The molecule has 0 amide bonds. The second-order valence-electron chi connectivity index (χ2n) is 7.64. The van der Waals surface area contributed by atoms with Gasteiger partial charge in [-0.15, -0.1) is 10.2 Å². The first-order valence-corrected chi connectivity index (χ1v) is 11.2. The number of hydrogen-bond acceptors (Lipinski definition) is 5. The summed E-state index contributed by atoms with van der Waals surface area (Å²) in [5.74, 6) is 2.61. The zero-order valence-electron chi connectivity index (χ0n) is 18.4. The van der Waals surface area contributed by atoms with E-state index in [1.54, 1.807) is 0 Å². The Morgan fingerprint density at radius 1 is 0.656 bits per heavy atom. The molecule has 0 bridgehead atoms. The summed E-state index contributed by atoms with van der Waals surface area (Å²) in [6.45, 7) is 3.48. The second kappa shape index (κ2) is 11.1. The Balaban J connectivity index is 1.33. The fourth-order valence-electron chi connectivity index (χ4n) is 3.30. The molecule has 0 saturated heterocycles. The highest BCUT2D eigenvalue weighted by atomic mass is 16.5. The third kappa shape index (κ3) is 5.97. The monoisotopic (exact) mass is 428 g/mol. The van der Waals surface area contributed by atoms with E-state index in [1.165, 1.54) is 19.3 Å². The third-order valence-electron chi connectivity index (χ3n) is 5.14. The van der Waals surface area contributed by atoms with Crippen LogP contribution in [-0.2, 0) is 6.61 Å². The minimum absolute atomic E-state index is 0.478. The van der Waals surface area contributed by atoms with Crippen molar-refractivity contribution in [2.24, 2.45) is 0 Å². The molecule has 0 spiro atoms. The van der Waals surface area contributed by atoms with Crippen molar-refractivity contribution in [3.63, 3.8) is 0 Å². The van der Waals surface area contributed by atoms with Crippen LogP contribution in [0.2, 0.25) is 0 Å². The first-order chi connectivity index (χ1) is 15.8. The van der Waals surface area contributed by atoms with E-state index >= 15 is 0 Å². The lowest BCUT2D eigenvalue weighted by molar-refractivity contribution is 0.305. The molecule has 4 rings (SSSR count). The number of hydrogen-bond donors (Lipinski definition) is 0. The molecule has 0 N–H and O–H groups in total. The van der Waals surface area contributed by atoms with Gasteiger partial charge in [0.05, 0.1) is 6.61 Å². The molecule has 0 aliphatic heterocycles. The number of rotatable bonds is 11. The summed E-state index contributed by atoms with van der Waals surface area (Å²) in [5.41, 5.74) is 2.85. The van der Waals surface area contributed by atoms with Gasteiger partial charge < -0.3 is 13.9 Å². The van der Waals surface area contributed by atoms with Crippen LogP contribution in [0.3, 0.4) is 0 Å². The number of aromatic nitrogens is 2. The van der Waals surface area contributed by atoms with Gasteiger partial charge in [0.25, 0.3) is 0 Å². The van der Waals surface area contributed by atoms with Gasteiger partial charge in [0.1, 0.15) is 18.1 Å². The predicted molar refractivity (Wildman–Crippen MR) is 126 cm³/mol. The molecule has 0 aliphatic carbocycles. The summed E-state index contributed by atoms with van der Waals surface area (Å²) in [4.78, 5) is 0. The van der Waals surface area contributed by atoms with Gasteiger partial charge in [0.15, 0.2) is 0 Å². The van der Waals surface area contributed by atoms with Crippen LogP contribution in [-0.4, -0.2) is 16.8 Å². The average Bonchev–Trinajstić information content (AvgIpc) is 3.34. The zero-order chi connectivity index (χ0) is 22.0. The van der Waals surface area contributed by atoms with Crippen molar-refractivity contribution >= 4 is 0 Å². The van der Waals surface area contributed by atoms with E-state index in [0.717, 1.165) is 41.2 Å². The second-order valence-corrected chi connectivity index (χ2v) is 7.64. The first kappa shape index (κ1) is 21.6. The molecule has 5 nitrogen and oxygen atoms in total. The Bertz CT molecular complexity index is 1070. The van der Waals surface area contributed by atoms with Gasteiger partial charge in [-0.05, 0) is 60.5 Å². The number of benzene rings is 3. The van der Waals surface area contributed by atoms with Gasteiger partial charge in [-0.1, -0.05) is 56.5 Å². The molecule has 1 aromatic heterocycles. The lowest BCUT2D eigenvalue weighted by Gasteiger charge is -2.06. The van der Waals surface area contributed by atoms with E-state index in [1.807, 2.05) is 78.9 Å². The molecule has 32 heavy (non-hydrogen) atoms.